The van der Waals surface area contributed by atoms with Crippen molar-refractivity contribution in [2.45, 2.75) is 40.2 Å². The minimum absolute atomic E-state index is 0.0981. The maximum atomic E-state index is 12.4. The summed E-state index contributed by atoms with van der Waals surface area (Å²) >= 11 is 0. The number of carbonyl (C=O) groups is 1. The van der Waals surface area contributed by atoms with Crippen molar-refractivity contribution in [1.82, 2.24) is 14.5 Å². The lowest BCUT2D eigenvalue weighted by atomic mass is 10.1. The molecule has 124 valence electrons. The molecule has 0 saturated carbocycles. The van der Waals surface area contributed by atoms with E-state index in [-0.39, 0.29) is 11.4 Å². The third-order valence-corrected chi connectivity index (χ3v) is 4.01. The highest BCUT2D eigenvalue weighted by molar-refractivity contribution is 6.03. The molecule has 5 nitrogen and oxygen atoms in total. The lowest BCUT2D eigenvalue weighted by Crippen LogP contribution is -2.21. The van der Waals surface area contributed by atoms with Gasteiger partial charge in [0.05, 0.1) is 0 Å². The van der Waals surface area contributed by atoms with E-state index < -0.39 is 0 Å². The lowest BCUT2D eigenvalue weighted by Gasteiger charge is -2.22. The van der Waals surface area contributed by atoms with E-state index in [4.69, 9.17) is 0 Å². The summed E-state index contributed by atoms with van der Waals surface area (Å²) in [6.45, 7) is 10.4. The largest absolute Gasteiger partial charge is 0.327 e. The van der Waals surface area contributed by atoms with Gasteiger partial charge in [0.1, 0.15) is 5.65 Å². The molecule has 0 radical (unpaired) electrons. The Morgan fingerprint density at radius 3 is 2.42 bits per heavy atom. The monoisotopic (exact) mass is 322 g/mol. The highest BCUT2D eigenvalue weighted by Crippen LogP contribution is 2.26. The number of fused-ring (bicyclic) bond motifs is 1. The maximum Gasteiger partial charge on any atom is 0.258 e. The van der Waals surface area contributed by atoms with E-state index in [0.717, 1.165) is 22.2 Å². The quantitative estimate of drug-likeness (QED) is 0.774. The van der Waals surface area contributed by atoms with Crippen LogP contribution < -0.4 is 5.32 Å². The van der Waals surface area contributed by atoms with Crippen molar-refractivity contribution in [1.29, 1.82) is 0 Å². The minimum Gasteiger partial charge on any atom is -0.327 e. The minimum atomic E-state index is -0.208. The van der Waals surface area contributed by atoms with Gasteiger partial charge in [-0.15, -0.1) is 0 Å². The Labute approximate surface area is 141 Å². The average molecular weight is 322 g/mol. The van der Waals surface area contributed by atoms with E-state index in [0.29, 0.717) is 11.5 Å². The van der Waals surface area contributed by atoms with Gasteiger partial charge in [0.25, 0.3) is 5.91 Å². The van der Waals surface area contributed by atoms with Crippen molar-refractivity contribution in [2.24, 2.45) is 0 Å². The SMILES string of the molecule is Cc1ccc(C(=O)Nc2ncc3c(C)cn(C(C)(C)C)c3n2)cc1. The van der Waals surface area contributed by atoms with Crippen molar-refractivity contribution >= 4 is 22.9 Å². The number of nitrogens with one attached hydrogen (secondary N) is 1. The van der Waals surface area contributed by atoms with Crippen LogP contribution in [0.25, 0.3) is 11.0 Å². The molecule has 1 amide bonds. The van der Waals surface area contributed by atoms with Gasteiger partial charge in [-0.25, -0.2) is 4.98 Å². The Kier molecular flexibility index (Phi) is 3.87. The van der Waals surface area contributed by atoms with Crippen molar-refractivity contribution in [3.05, 3.63) is 53.3 Å². The number of aromatic nitrogens is 3. The second kappa shape index (κ2) is 5.74. The molecule has 3 rings (SSSR count). The van der Waals surface area contributed by atoms with E-state index >= 15 is 0 Å². The predicted octanol–water partition coefficient (Wildman–Crippen LogP) is 4.06. The van der Waals surface area contributed by atoms with E-state index in [1.807, 2.05) is 26.0 Å². The first kappa shape index (κ1) is 16.2. The topological polar surface area (TPSA) is 59.8 Å². The Morgan fingerprint density at radius 1 is 1.12 bits per heavy atom. The normalized spacial score (nSPS) is 11.7. The first-order chi connectivity index (χ1) is 11.3. The molecule has 2 heterocycles. The molecular formula is C19H22N4O. The van der Waals surface area contributed by atoms with Gasteiger partial charge in [-0.05, 0) is 52.3 Å². The molecule has 0 aliphatic heterocycles. The Bertz CT molecular complexity index is 902. The van der Waals surface area contributed by atoms with Crippen LogP contribution in [0, 0.1) is 13.8 Å². The summed E-state index contributed by atoms with van der Waals surface area (Å²) in [7, 11) is 0. The number of nitrogens with zero attached hydrogens (tertiary/aromatic N) is 3. The summed E-state index contributed by atoms with van der Waals surface area (Å²) in [6.07, 6.45) is 3.84. The number of hydrogen-bond donors (Lipinski definition) is 1. The summed E-state index contributed by atoms with van der Waals surface area (Å²) < 4.78 is 2.11. The Balaban J connectivity index is 1.96. The number of benzene rings is 1. The number of amides is 1. The number of aryl methyl sites for hydroxylation is 2. The van der Waals surface area contributed by atoms with Crippen molar-refractivity contribution in [2.75, 3.05) is 5.32 Å². The van der Waals surface area contributed by atoms with Gasteiger partial charge >= 0.3 is 0 Å². The van der Waals surface area contributed by atoms with Crippen molar-refractivity contribution < 1.29 is 4.79 Å². The number of rotatable bonds is 2. The maximum absolute atomic E-state index is 12.4. The summed E-state index contributed by atoms with van der Waals surface area (Å²) in [6, 6.07) is 7.41. The lowest BCUT2D eigenvalue weighted by molar-refractivity contribution is 0.102. The fourth-order valence-corrected chi connectivity index (χ4v) is 2.61. The van der Waals surface area contributed by atoms with Gasteiger partial charge in [-0.1, -0.05) is 17.7 Å². The van der Waals surface area contributed by atoms with Gasteiger partial charge in [0.15, 0.2) is 0 Å². The van der Waals surface area contributed by atoms with E-state index in [9.17, 15) is 4.79 Å². The molecule has 0 aliphatic carbocycles. The fraction of sp³-hybridized carbons (Fsp3) is 0.316. The van der Waals surface area contributed by atoms with Crippen LogP contribution in [0.5, 0.6) is 0 Å². The third-order valence-electron chi connectivity index (χ3n) is 4.01. The highest BCUT2D eigenvalue weighted by atomic mass is 16.1. The van der Waals surface area contributed by atoms with Crippen molar-refractivity contribution in [3.8, 4) is 0 Å². The molecule has 2 aromatic heterocycles. The fourth-order valence-electron chi connectivity index (χ4n) is 2.61. The molecule has 3 aromatic rings. The summed E-state index contributed by atoms with van der Waals surface area (Å²) in [5, 5.41) is 3.78. The Morgan fingerprint density at radius 2 is 1.79 bits per heavy atom. The van der Waals surface area contributed by atoms with Gasteiger partial charge in [0, 0.05) is 28.9 Å². The molecule has 0 saturated heterocycles. The Hall–Kier alpha value is -2.69. The van der Waals surface area contributed by atoms with Gasteiger partial charge in [-0.2, -0.15) is 4.98 Å². The average Bonchev–Trinajstić information content (AvgIpc) is 2.84. The molecule has 1 aromatic carbocycles. The van der Waals surface area contributed by atoms with Crippen LogP contribution in [0.4, 0.5) is 5.95 Å². The second-order valence-corrected chi connectivity index (χ2v) is 7.10. The molecule has 0 fully saturated rings. The number of carbonyl (C=O) groups excluding carboxylic acids is 1. The van der Waals surface area contributed by atoms with Crippen LogP contribution in [-0.4, -0.2) is 20.4 Å². The van der Waals surface area contributed by atoms with Gasteiger partial charge in [0.2, 0.25) is 5.95 Å². The van der Waals surface area contributed by atoms with E-state index in [1.165, 1.54) is 0 Å². The van der Waals surface area contributed by atoms with Gasteiger partial charge in [-0.3, -0.25) is 10.1 Å². The van der Waals surface area contributed by atoms with Crippen molar-refractivity contribution in [3.63, 3.8) is 0 Å². The first-order valence-corrected chi connectivity index (χ1v) is 7.99. The van der Waals surface area contributed by atoms with Crippen LogP contribution in [0.15, 0.2) is 36.7 Å². The van der Waals surface area contributed by atoms with Crippen LogP contribution in [0.1, 0.15) is 42.3 Å². The van der Waals surface area contributed by atoms with Crippen LogP contribution in [0.2, 0.25) is 0 Å². The smallest absolute Gasteiger partial charge is 0.258 e. The van der Waals surface area contributed by atoms with Crippen LogP contribution in [-0.2, 0) is 5.54 Å². The summed E-state index contributed by atoms with van der Waals surface area (Å²) in [5.74, 6) is 0.108. The zero-order valence-corrected chi connectivity index (χ0v) is 14.7. The molecule has 0 atom stereocenters. The van der Waals surface area contributed by atoms with Gasteiger partial charge < -0.3 is 4.57 Å². The number of anilines is 1. The van der Waals surface area contributed by atoms with E-state index in [2.05, 4.69) is 46.8 Å². The zero-order valence-electron chi connectivity index (χ0n) is 14.7. The molecule has 0 bridgehead atoms. The molecule has 0 unspecified atom stereocenters. The highest BCUT2D eigenvalue weighted by Gasteiger charge is 2.19. The molecule has 5 heteroatoms. The summed E-state index contributed by atoms with van der Waals surface area (Å²) in [4.78, 5) is 21.2. The van der Waals surface area contributed by atoms with Crippen LogP contribution in [0.3, 0.4) is 0 Å². The molecule has 24 heavy (non-hydrogen) atoms. The van der Waals surface area contributed by atoms with Crippen LogP contribution >= 0.6 is 0 Å². The second-order valence-electron chi connectivity index (χ2n) is 7.10. The third kappa shape index (κ3) is 3.02. The number of hydrogen-bond acceptors (Lipinski definition) is 3. The standard InChI is InChI=1S/C19H22N4O/c1-12-6-8-14(9-7-12)17(24)22-18-20-10-15-13(2)11-23(16(15)21-18)19(3,4)5/h6-11H,1-5H3,(H,20,21,22,24). The molecule has 0 aliphatic rings. The molecule has 0 spiro atoms. The van der Waals surface area contributed by atoms with E-state index in [1.54, 1.807) is 18.3 Å². The molecular weight excluding hydrogens is 300 g/mol. The summed E-state index contributed by atoms with van der Waals surface area (Å²) in [5.41, 5.74) is 3.55. The molecule has 1 N–H and O–H groups in total. The first-order valence-electron chi connectivity index (χ1n) is 7.99. The zero-order chi connectivity index (χ0) is 17.5. The predicted molar refractivity (Wildman–Crippen MR) is 96.4 cm³/mol.